The highest BCUT2D eigenvalue weighted by Gasteiger charge is 2.38. The molecule has 0 aromatic heterocycles. The Hall–Kier alpha value is -1.33. The molecule has 2 rings (SSSR count). The molecule has 1 saturated heterocycles. The minimum atomic E-state index is -0.833. The molecule has 7 heteroatoms. The van der Waals surface area contributed by atoms with Crippen LogP contribution >= 0.6 is 23.2 Å². The van der Waals surface area contributed by atoms with Crippen LogP contribution in [0.5, 0.6) is 0 Å². The van der Waals surface area contributed by atoms with Crippen LogP contribution < -0.4 is 5.32 Å². The van der Waals surface area contributed by atoms with E-state index in [1.165, 1.54) is 0 Å². The van der Waals surface area contributed by atoms with E-state index in [-0.39, 0.29) is 23.7 Å². The monoisotopic (exact) mass is 288 g/mol. The molecular formula is C11H10Cl2N2O3. The minimum Gasteiger partial charge on any atom is -0.343 e. The van der Waals surface area contributed by atoms with Crippen molar-refractivity contribution in [3.63, 3.8) is 0 Å². The van der Waals surface area contributed by atoms with Gasteiger partial charge in [-0.15, -0.1) is 0 Å². The van der Waals surface area contributed by atoms with Crippen molar-refractivity contribution in [2.45, 2.75) is 24.9 Å². The fourth-order valence-electron chi connectivity index (χ4n) is 2.03. The summed E-state index contributed by atoms with van der Waals surface area (Å²) in [5, 5.41) is 14.3. The summed E-state index contributed by atoms with van der Waals surface area (Å²) in [5.41, 5.74) is 0.596. The van der Waals surface area contributed by atoms with Gasteiger partial charge in [0.2, 0.25) is 11.9 Å². The van der Waals surface area contributed by atoms with Crippen LogP contribution in [-0.4, -0.2) is 16.9 Å². The summed E-state index contributed by atoms with van der Waals surface area (Å²) in [6, 6.07) is 3.27. The summed E-state index contributed by atoms with van der Waals surface area (Å²) < 4.78 is 0. The van der Waals surface area contributed by atoms with Gasteiger partial charge < -0.3 is 5.32 Å². The third kappa shape index (κ3) is 2.57. The summed E-state index contributed by atoms with van der Waals surface area (Å²) in [6.07, 6.45) is 0.396. The van der Waals surface area contributed by atoms with Gasteiger partial charge in [-0.3, -0.25) is 14.9 Å². The molecule has 0 spiro atoms. The fraction of sp³-hybridized carbons (Fsp3) is 0.364. The number of carbonyl (C=O) groups is 1. The molecule has 1 aromatic rings. The molecule has 1 N–H and O–H groups in total. The number of halogens is 2. The lowest BCUT2D eigenvalue weighted by molar-refractivity contribution is -0.529. The molecular weight excluding hydrogens is 279 g/mol. The summed E-state index contributed by atoms with van der Waals surface area (Å²) in [4.78, 5) is 22.0. The summed E-state index contributed by atoms with van der Waals surface area (Å²) in [6.45, 7) is 0. The van der Waals surface area contributed by atoms with E-state index in [1.807, 2.05) is 0 Å². The first-order valence-electron chi connectivity index (χ1n) is 5.37. The first-order chi connectivity index (χ1) is 8.49. The van der Waals surface area contributed by atoms with E-state index in [0.717, 1.165) is 0 Å². The molecule has 1 aliphatic rings. The summed E-state index contributed by atoms with van der Waals surface area (Å²) in [7, 11) is 0. The Bertz CT molecular complexity index is 507. The lowest BCUT2D eigenvalue weighted by Gasteiger charge is -2.26. The Kier molecular flexibility index (Phi) is 3.73. The van der Waals surface area contributed by atoms with Gasteiger partial charge in [-0.2, -0.15) is 0 Å². The number of rotatable bonds is 2. The van der Waals surface area contributed by atoms with E-state index in [0.29, 0.717) is 15.6 Å². The number of benzene rings is 1. The second kappa shape index (κ2) is 5.12. The van der Waals surface area contributed by atoms with Gasteiger partial charge in [0.1, 0.15) is 6.04 Å². The van der Waals surface area contributed by atoms with Crippen molar-refractivity contribution in [3.8, 4) is 0 Å². The van der Waals surface area contributed by atoms with E-state index in [1.54, 1.807) is 18.2 Å². The van der Waals surface area contributed by atoms with Crippen LogP contribution in [0.15, 0.2) is 18.2 Å². The highest BCUT2D eigenvalue weighted by atomic mass is 35.5. The minimum absolute atomic E-state index is 0.170. The van der Waals surface area contributed by atoms with Gasteiger partial charge in [0.25, 0.3) is 0 Å². The van der Waals surface area contributed by atoms with Crippen molar-refractivity contribution in [3.05, 3.63) is 43.9 Å². The van der Waals surface area contributed by atoms with E-state index in [9.17, 15) is 14.9 Å². The molecule has 1 amide bonds. The molecule has 1 fully saturated rings. The Morgan fingerprint density at radius 2 is 2.06 bits per heavy atom. The second-order valence-electron chi connectivity index (χ2n) is 4.11. The maximum atomic E-state index is 11.4. The molecule has 2 atom stereocenters. The molecule has 0 aliphatic carbocycles. The average molecular weight is 289 g/mol. The largest absolute Gasteiger partial charge is 0.343 e. The van der Waals surface area contributed by atoms with Crippen molar-refractivity contribution < 1.29 is 9.72 Å². The Balaban J connectivity index is 2.34. The zero-order valence-electron chi connectivity index (χ0n) is 9.23. The van der Waals surface area contributed by atoms with Gasteiger partial charge in [-0.05, 0) is 17.7 Å². The predicted molar refractivity (Wildman–Crippen MR) is 67.4 cm³/mol. The van der Waals surface area contributed by atoms with Crippen molar-refractivity contribution in [2.75, 3.05) is 0 Å². The van der Waals surface area contributed by atoms with Crippen molar-refractivity contribution >= 4 is 29.1 Å². The summed E-state index contributed by atoms with van der Waals surface area (Å²) >= 11 is 11.7. The van der Waals surface area contributed by atoms with Crippen molar-refractivity contribution in [2.24, 2.45) is 0 Å². The van der Waals surface area contributed by atoms with E-state index < -0.39 is 12.1 Å². The number of nitro groups is 1. The highest BCUT2D eigenvalue weighted by molar-refractivity contribution is 6.42. The van der Waals surface area contributed by atoms with Crippen LogP contribution in [-0.2, 0) is 4.79 Å². The van der Waals surface area contributed by atoms with E-state index in [4.69, 9.17) is 23.2 Å². The first-order valence-corrected chi connectivity index (χ1v) is 6.12. The highest BCUT2D eigenvalue weighted by Crippen LogP contribution is 2.30. The van der Waals surface area contributed by atoms with Crippen LogP contribution in [0.25, 0.3) is 0 Å². The average Bonchev–Trinajstić information content (AvgIpc) is 2.32. The maximum absolute atomic E-state index is 11.4. The smallest absolute Gasteiger partial charge is 0.237 e. The number of amides is 1. The lowest BCUT2D eigenvalue weighted by Crippen LogP contribution is -2.45. The summed E-state index contributed by atoms with van der Waals surface area (Å²) in [5.74, 6) is -0.191. The normalized spacial score (nSPS) is 23.6. The molecule has 18 heavy (non-hydrogen) atoms. The molecule has 1 aliphatic heterocycles. The predicted octanol–water partition coefficient (Wildman–Crippen LogP) is 2.59. The number of nitrogens with one attached hydrogen (secondary N) is 1. The van der Waals surface area contributed by atoms with Crippen LogP contribution in [0.3, 0.4) is 0 Å². The Labute approximate surface area is 113 Å². The fourth-order valence-corrected chi connectivity index (χ4v) is 2.33. The molecule has 96 valence electrons. The standard InChI is InChI=1S/C11H10Cl2N2O3/c12-7-2-1-6(5-8(7)13)11-9(15(17)18)3-4-10(16)14-11/h1-2,5,9,11H,3-4H2,(H,14,16)/t9-,11+/m0/s1. The van der Waals surface area contributed by atoms with E-state index >= 15 is 0 Å². The van der Waals surface area contributed by atoms with Crippen molar-refractivity contribution in [1.29, 1.82) is 0 Å². The quantitative estimate of drug-likeness (QED) is 0.671. The Morgan fingerprint density at radius 1 is 1.33 bits per heavy atom. The molecule has 1 heterocycles. The zero-order valence-corrected chi connectivity index (χ0v) is 10.7. The number of hydrogen-bond donors (Lipinski definition) is 1. The zero-order chi connectivity index (χ0) is 13.3. The molecule has 0 radical (unpaired) electrons. The SMILES string of the molecule is O=C1CC[C@H]([N+](=O)[O-])[C@@H](c2ccc(Cl)c(Cl)c2)N1. The lowest BCUT2D eigenvalue weighted by atomic mass is 9.92. The number of carbonyl (C=O) groups excluding carboxylic acids is 1. The molecule has 0 saturated carbocycles. The third-order valence-corrected chi connectivity index (χ3v) is 3.68. The molecule has 5 nitrogen and oxygen atoms in total. The molecule has 1 aromatic carbocycles. The topological polar surface area (TPSA) is 72.2 Å². The third-order valence-electron chi connectivity index (χ3n) is 2.94. The Morgan fingerprint density at radius 3 is 2.67 bits per heavy atom. The first kappa shape index (κ1) is 13.1. The number of piperidine rings is 1. The van der Waals surface area contributed by atoms with Gasteiger partial charge in [0.15, 0.2) is 0 Å². The van der Waals surface area contributed by atoms with Gasteiger partial charge >= 0.3 is 0 Å². The number of hydrogen-bond acceptors (Lipinski definition) is 3. The van der Waals surface area contributed by atoms with Gasteiger partial charge in [0.05, 0.1) is 10.0 Å². The molecule has 0 unspecified atom stereocenters. The van der Waals surface area contributed by atoms with Gasteiger partial charge in [-0.25, -0.2) is 0 Å². The van der Waals surface area contributed by atoms with Gasteiger partial charge in [0, 0.05) is 17.8 Å². The van der Waals surface area contributed by atoms with E-state index in [2.05, 4.69) is 5.32 Å². The van der Waals surface area contributed by atoms with Crippen LogP contribution in [0.1, 0.15) is 24.4 Å². The second-order valence-corrected chi connectivity index (χ2v) is 4.92. The van der Waals surface area contributed by atoms with Gasteiger partial charge in [-0.1, -0.05) is 29.3 Å². The van der Waals surface area contributed by atoms with Crippen LogP contribution in [0.2, 0.25) is 10.0 Å². The van der Waals surface area contributed by atoms with Crippen molar-refractivity contribution in [1.82, 2.24) is 5.32 Å². The molecule has 0 bridgehead atoms. The maximum Gasteiger partial charge on any atom is 0.237 e. The van der Waals surface area contributed by atoms with Crippen LogP contribution in [0, 0.1) is 10.1 Å². The number of nitrogens with zero attached hydrogens (tertiary/aromatic N) is 1. The van der Waals surface area contributed by atoms with Crippen LogP contribution in [0.4, 0.5) is 0 Å².